The molecule has 2 bridgehead atoms. The molecule has 8 heteroatoms. The molecule has 28 heavy (non-hydrogen) atoms. The number of aromatic nitrogens is 2. The van der Waals surface area contributed by atoms with Crippen molar-refractivity contribution in [1.29, 1.82) is 0 Å². The number of ether oxygens (including phenoxy) is 2. The highest BCUT2D eigenvalue weighted by Gasteiger charge is 2.40. The van der Waals surface area contributed by atoms with Crippen LogP contribution in [0.4, 0.5) is 0 Å². The Morgan fingerprint density at radius 2 is 1.89 bits per heavy atom. The molecule has 1 aromatic carbocycles. The van der Waals surface area contributed by atoms with Crippen LogP contribution in [0.15, 0.2) is 18.2 Å². The Morgan fingerprint density at radius 1 is 1.14 bits per heavy atom. The van der Waals surface area contributed by atoms with E-state index in [2.05, 4.69) is 25.5 Å². The molecule has 0 N–H and O–H groups in total. The van der Waals surface area contributed by atoms with Gasteiger partial charge in [0.2, 0.25) is 0 Å². The highest BCUT2D eigenvalue weighted by molar-refractivity contribution is 6.99. The maximum Gasteiger partial charge on any atom is 0.292 e. The third-order valence-electron chi connectivity index (χ3n) is 5.03. The highest BCUT2D eigenvalue weighted by atomic mass is 35.5. The van der Waals surface area contributed by atoms with Gasteiger partial charge in [-0.1, -0.05) is 48.9 Å². The fraction of sp³-hybridized carbons (Fsp3) is 0.500. The summed E-state index contributed by atoms with van der Waals surface area (Å²) in [5, 5.41) is 1.11. The summed E-state index contributed by atoms with van der Waals surface area (Å²) in [6.45, 7) is 7.33. The molecule has 4 rings (SSSR count). The minimum absolute atomic E-state index is 0.158. The van der Waals surface area contributed by atoms with Crippen LogP contribution in [0.25, 0.3) is 0 Å². The Hall–Kier alpha value is -1.52. The summed E-state index contributed by atoms with van der Waals surface area (Å²) in [5.41, 5.74) is 0.746. The van der Waals surface area contributed by atoms with Crippen LogP contribution in [0.3, 0.4) is 0 Å². The van der Waals surface area contributed by atoms with Crippen LogP contribution in [0.5, 0.6) is 11.8 Å². The van der Waals surface area contributed by atoms with Crippen molar-refractivity contribution < 1.29 is 9.47 Å². The van der Waals surface area contributed by atoms with E-state index in [0.717, 1.165) is 30.4 Å². The molecule has 2 aliphatic rings. The van der Waals surface area contributed by atoms with E-state index in [0.29, 0.717) is 27.7 Å². The Kier molecular flexibility index (Phi) is 5.98. The largest absolute Gasteiger partial charge is 0.468 e. The van der Waals surface area contributed by atoms with E-state index >= 15 is 0 Å². The summed E-state index contributed by atoms with van der Waals surface area (Å²) in [4.78, 5) is 2.42. The summed E-state index contributed by atoms with van der Waals surface area (Å²) in [6.07, 6.45) is 0.991. The van der Waals surface area contributed by atoms with Gasteiger partial charge in [0.25, 0.3) is 11.8 Å². The molecule has 2 saturated heterocycles. The molecule has 4 atom stereocenters. The Labute approximate surface area is 179 Å². The molecule has 2 aromatic rings. The van der Waals surface area contributed by atoms with E-state index in [1.165, 1.54) is 13.0 Å². The monoisotopic (exact) mass is 437 g/mol. The zero-order valence-electron chi connectivity index (χ0n) is 15.7. The first kappa shape index (κ1) is 19.8. The Balaban J connectivity index is 1.47. The van der Waals surface area contributed by atoms with Crippen LogP contribution in [0, 0.1) is 23.7 Å². The van der Waals surface area contributed by atoms with E-state index in [1.54, 1.807) is 18.2 Å². The van der Waals surface area contributed by atoms with Crippen LogP contribution in [0.2, 0.25) is 10.0 Å². The van der Waals surface area contributed by atoms with Gasteiger partial charge in [-0.05, 0) is 31.2 Å². The molecule has 2 fully saturated rings. The van der Waals surface area contributed by atoms with Crippen molar-refractivity contribution in [2.24, 2.45) is 11.8 Å². The molecule has 4 unspecified atom stereocenters. The molecule has 0 amide bonds. The lowest BCUT2D eigenvalue weighted by Gasteiger charge is -2.23. The van der Waals surface area contributed by atoms with Crippen molar-refractivity contribution in [3.05, 3.63) is 33.8 Å². The lowest BCUT2D eigenvalue weighted by atomic mass is 10.0. The quantitative estimate of drug-likeness (QED) is 0.649. The van der Waals surface area contributed by atoms with Crippen molar-refractivity contribution in [1.82, 2.24) is 13.6 Å². The summed E-state index contributed by atoms with van der Waals surface area (Å²) in [7, 11) is 0. The van der Waals surface area contributed by atoms with Gasteiger partial charge in [-0.25, -0.2) is 0 Å². The Bertz CT molecular complexity index is 888. The minimum Gasteiger partial charge on any atom is -0.468 e. The van der Waals surface area contributed by atoms with Crippen LogP contribution < -0.4 is 9.47 Å². The molecule has 5 nitrogen and oxygen atoms in total. The average molecular weight is 438 g/mol. The predicted octanol–water partition coefficient (Wildman–Crippen LogP) is 4.38. The van der Waals surface area contributed by atoms with Crippen LogP contribution in [0.1, 0.15) is 25.8 Å². The normalized spacial score (nSPS) is 24.1. The third-order valence-corrected chi connectivity index (χ3v) is 5.96. The number of halogens is 2. The zero-order valence-corrected chi connectivity index (χ0v) is 18.0. The molecule has 2 aliphatic heterocycles. The van der Waals surface area contributed by atoms with Crippen molar-refractivity contribution >= 4 is 34.9 Å². The van der Waals surface area contributed by atoms with Gasteiger partial charge in [-0.3, -0.25) is 4.90 Å². The molecule has 0 radical (unpaired) electrons. The molecule has 1 aromatic heterocycles. The number of fused-ring (bicyclic) bond motifs is 2. The summed E-state index contributed by atoms with van der Waals surface area (Å²) >= 11 is 13.2. The first-order valence-corrected chi connectivity index (χ1v) is 10.8. The van der Waals surface area contributed by atoms with Gasteiger partial charge in [-0.15, -0.1) is 8.75 Å². The lowest BCUT2D eigenvalue weighted by Crippen LogP contribution is -2.32. The van der Waals surface area contributed by atoms with Crippen LogP contribution in [-0.4, -0.2) is 45.5 Å². The van der Waals surface area contributed by atoms with Gasteiger partial charge in [-0.2, -0.15) is 0 Å². The number of rotatable bonds is 5. The van der Waals surface area contributed by atoms with Crippen molar-refractivity contribution in [2.75, 3.05) is 19.6 Å². The van der Waals surface area contributed by atoms with Gasteiger partial charge >= 0.3 is 0 Å². The molecular formula is C20H21Cl2N3O2S. The zero-order chi connectivity index (χ0) is 19.7. The van der Waals surface area contributed by atoms with Gasteiger partial charge < -0.3 is 9.47 Å². The van der Waals surface area contributed by atoms with Crippen LogP contribution >= 0.6 is 34.9 Å². The fourth-order valence-corrected chi connectivity index (χ4v) is 4.52. The molecule has 0 aliphatic carbocycles. The lowest BCUT2D eigenvalue weighted by molar-refractivity contribution is 0.122. The smallest absolute Gasteiger partial charge is 0.292 e. The predicted molar refractivity (Wildman–Crippen MR) is 111 cm³/mol. The minimum atomic E-state index is -0.354. The van der Waals surface area contributed by atoms with Crippen molar-refractivity contribution in [3.8, 4) is 23.6 Å². The van der Waals surface area contributed by atoms with E-state index < -0.39 is 0 Å². The van der Waals surface area contributed by atoms with Gasteiger partial charge in [0.05, 0.1) is 11.7 Å². The SMILES string of the molecule is CC(C)C(C#Cc1cc(Cl)cc(Cl)c1)Oc1nsnc1OC1CN2CCC1C2. The van der Waals surface area contributed by atoms with Gasteiger partial charge in [0.1, 0.15) is 6.10 Å². The van der Waals surface area contributed by atoms with E-state index in [-0.39, 0.29) is 18.1 Å². The van der Waals surface area contributed by atoms with Crippen molar-refractivity contribution in [3.63, 3.8) is 0 Å². The number of benzene rings is 1. The standard InChI is InChI=1S/C20H21Cl2N3O2S/c1-12(2)17(4-3-13-7-15(21)9-16(22)8-13)26-19-20(24-28-23-19)27-18-11-25-6-5-14(18)10-25/h7-9,12,14,17-18H,5-6,10-11H2,1-2H3. The second-order valence-electron chi connectivity index (χ2n) is 7.55. The molecule has 0 spiro atoms. The topological polar surface area (TPSA) is 47.5 Å². The molecule has 0 saturated carbocycles. The van der Waals surface area contributed by atoms with E-state index in [1.807, 2.05) is 13.8 Å². The van der Waals surface area contributed by atoms with E-state index in [9.17, 15) is 0 Å². The number of piperidine rings is 1. The average Bonchev–Trinajstić information content (AvgIpc) is 3.35. The summed E-state index contributed by atoms with van der Waals surface area (Å²) < 4.78 is 20.8. The summed E-state index contributed by atoms with van der Waals surface area (Å²) in [5.74, 6) is 7.88. The van der Waals surface area contributed by atoms with Gasteiger partial charge in [0.15, 0.2) is 6.10 Å². The Morgan fingerprint density at radius 3 is 2.54 bits per heavy atom. The fourth-order valence-electron chi connectivity index (χ4n) is 3.56. The first-order chi connectivity index (χ1) is 13.5. The first-order valence-electron chi connectivity index (χ1n) is 9.34. The second kappa shape index (κ2) is 8.46. The second-order valence-corrected chi connectivity index (χ2v) is 8.95. The molecule has 148 valence electrons. The maximum absolute atomic E-state index is 6.14. The number of hydrogen-bond donors (Lipinski definition) is 0. The highest BCUT2D eigenvalue weighted by Crippen LogP contribution is 2.34. The molecular weight excluding hydrogens is 417 g/mol. The van der Waals surface area contributed by atoms with Gasteiger partial charge in [0, 0.05) is 40.5 Å². The molecule has 3 heterocycles. The number of hydrogen-bond acceptors (Lipinski definition) is 6. The van der Waals surface area contributed by atoms with E-state index in [4.69, 9.17) is 32.7 Å². The summed E-state index contributed by atoms with van der Waals surface area (Å²) in [6, 6.07) is 5.24. The maximum atomic E-state index is 6.14. The van der Waals surface area contributed by atoms with Crippen LogP contribution in [-0.2, 0) is 0 Å². The number of nitrogens with zero attached hydrogens (tertiary/aromatic N) is 3. The van der Waals surface area contributed by atoms with Crippen molar-refractivity contribution in [2.45, 2.75) is 32.5 Å². The third kappa shape index (κ3) is 4.55.